The van der Waals surface area contributed by atoms with E-state index in [1.165, 1.54) is 11.6 Å². The van der Waals surface area contributed by atoms with Crippen LogP contribution in [0.5, 0.6) is 0 Å². The highest BCUT2D eigenvalue weighted by atomic mass is 19.1. The van der Waals surface area contributed by atoms with Gasteiger partial charge in [-0.2, -0.15) is 0 Å². The number of aliphatic hydroxyl groups excluding tert-OH is 1. The molecule has 1 N–H and O–H groups in total. The average Bonchev–Trinajstić information content (AvgIpc) is 2.38. The van der Waals surface area contributed by atoms with Crippen LogP contribution in [0.15, 0.2) is 42.5 Å². The van der Waals surface area contributed by atoms with Crippen LogP contribution in [0.2, 0.25) is 0 Å². The molecular weight excluding hydrogens is 227 g/mol. The quantitative estimate of drug-likeness (QED) is 0.861. The van der Waals surface area contributed by atoms with E-state index in [0.29, 0.717) is 11.5 Å². The monoisotopic (exact) mass is 244 g/mol. The molecule has 0 spiro atoms. The molecule has 2 rings (SSSR count). The van der Waals surface area contributed by atoms with Crippen LogP contribution in [0, 0.1) is 5.82 Å². The second kappa shape index (κ2) is 5.32. The fraction of sp³-hybridized carbons (Fsp3) is 0.250. The largest absolute Gasteiger partial charge is 0.392 e. The van der Waals surface area contributed by atoms with Crippen LogP contribution < -0.4 is 0 Å². The highest BCUT2D eigenvalue weighted by Gasteiger charge is 2.06. The Morgan fingerprint density at radius 3 is 2.39 bits per heavy atom. The molecule has 0 unspecified atom stereocenters. The molecular formula is C16H17FO. The first-order valence-corrected chi connectivity index (χ1v) is 6.11. The van der Waals surface area contributed by atoms with E-state index in [2.05, 4.69) is 26.0 Å². The summed E-state index contributed by atoms with van der Waals surface area (Å²) in [5, 5.41) is 8.96. The van der Waals surface area contributed by atoms with Crippen LogP contribution in [-0.2, 0) is 6.61 Å². The second-order valence-electron chi connectivity index (χ2n) is 4.74. The molecule has 18 heavy (non-hydrogen) atoms. The van der Waals surface area contributed by atoms with Crippen LogP contribution in [0.1, 0.15) is 30.9 Å². The molecule has 0 aliphatic rings. The van der Waals surface area contributed by atoms with Gasteiger partial charge in [0, 0.05) is 5.56 Å². The standard InChI is InChI=1S/C16H17FO/c1-11(2)12-4-3-5-13(8-12)14-6-7-15(10-18)16(17)9-14/h3-9,11,18H,10H2,1-2H3. The van der Waals surface area contributed by atoms with Crippen LogP contribution in [-0.4, -0.2) is 5.11 Å². The van der Waals surface area contributed by atoms with Crippen molar-refractivity contribution >= 4 is 0 Å². The molecule has 0 bridgehead atoms. The average molecular weight is 244 g/mol. The van der Waals surface area contributed by atoms with Crippen molar-refractivity contribution in [1.82, 2.24) is 0 Å². The van der Waals surface area contributed by atoms with Gasteiger partial charge in [-0.1, -0.05) is 50.2 Å². The summed E-state index contributed by atoms with van der Waals surface area (Å²) in [6.45, 7) is 4.00. The Bertz CT molecular complexity index is 547. The summed E-state index contributed by atoms with van der Waals surface area (Å²) in [5.74, 6) is 0.0939. The zero-order valence-electron chi connectivity index (χ0n) is 10.7. The highest BCUT2D eigenvalue weighted by Crippen LogP contribution is 2.25. The van der Waals surface area contributed by atoms with Crippen molar-refractivity contribution in [3.8, 4) is 11.1 Å². The van der Waals surface area contributed by atoms with Crippen LogP contribution in [0.4, 0.5) is 4.39 Å². The molecule has 0 fully saturated rings. The number of benzene rings is 2. The Balaban J connectivity index is 2.42. The number of halogens is 1. The lowest BCUT2D eigenvalue weighted by molar-refractivity contribution is 0.276. The summed E-state index contributed by atoms with van der Waals surface area (Å²) in [4.78, 5) is 0. The fourth-order valence-electron chi connectivity index (χ4n) is 1.93. The summed E-state index contributed by atoms with van der Waals surface area (Å²) >= 11 is 0. The normalized spacial score (nSPS) is 10.9. The van der Waals surface area contributed by atoms with Crippen LogP contribution in [0.25, 0.3) is 11.1 Å². The van der Waals surface area contributed by atoms with Crippen molar-refractivity contribution < 1.29 is 9.50 Å². The van der Waals surface area contributed by atoms with Gasteiger partial charge in [0.2, 0.25) is 0 Å². The van der Waals surface area contributed by atoms with E-state index < -0.39 is 0 Å². The topological polar surface area (TPSA) is 20.2 Å². The van der Waals surface area contributed by atoms with Gasteiger partial charge >= 0.3 is 0 Å². The lowest BCUT2D eigenvalue weighted by Crippen LogP contribution is -1.91. The first-order valence-electron chi connectivity index (χ1n) is 6.11. The van der Waals surface area contributed by atoms with Gasteiger partial charge in [-0.25, -0.2) is 4.39 Å². The first kappa shape index (κ1) is 12.8. The number of rotatable bonds is 3. The molecule has 0 amide bonds. The molecule has 2 heteroatoms. The molecule has 0 aliphatic heterocycles. The Kier molecular flexibility index (Phi) is 3.78. The number of hydrogen-bond donors (Lipinski definition) is 1. The third-order valence-corrected chi connectivity index (χ3v) is 3.11. The van der Waals surface area contributed by atoms with Crippen molar-refractivity contribution in [3.63, 3.8) is 0 Å². The molecule has 0 saturated heterocycles. The van der Waals surface area contributed by atoms with Gasteiger partial charge in [-0.15, -0.1) is 0 Å². The molecule has 0 saturated carbocycles. The minimum Gasteiger partial charge on any atom is -0.392 e. The van der Waals surface area contributed by atoms with Gasteiger partial charge in [0.15, 0.2) is 0 Å². The molecule has 0 heterocycles. The maximum absolute atomic E-state index is 13.6. The van der Waals surface area contributed by atoms with E-state index in [9.17, 15) is 4.39 Å². The Hall–Kier alpha value is -1.67. The molecule has 0 aromatic heterocycles. The molecule has 2 aromatic carbocycles. The van der Waals surface area contributed by atoms with Crippen LogP contribution in [0.3, 0.4) is 0 Å². The summed E-state index contributed by atoms with van der Waals surface area (Å²) in [7, 11) is 0. The summed E-state index contributed by atoms with van der Waals surface area (Å²) in [5.41, 5.74) is 3.41. The van der Waals surface area contributed by atoms with E-state index >= 15 is 0 Å². The zero-order chi connectivity index (χ0) is 13.1. The lowest BCUT2D eigenvalue weighted by atomic mass is 9.97. The van der Waals surface area contributed by atoms with E-state index in [0.717, 1.165) is 11.1 Å². The minimum absolute atomic E-state index is 0.266. The van der Waals surface area contributed by atoms with Gasteiger partial charge in [-0.3, -0.25) is 0 Å². The van der Waals surface area contributed by atoms with E-state index in [1.807, 2.05) is 18.2 Å². The van der Waals surface area contributed by atoms with Crippen molar-refractivity contribution in [3.05, 3.63) is 59.4 Å². The molecule has 0 atom stereocenters. The van der Waals surface area contributed by atoms with Gasteiger partial charge in [0.25, 0.3) is 0 Å². The molecule has 94 valence electrons. The van der Waals surface area contributed by atoms with Crippen molar-refractivity contribution in [1.29, 1.82) is 0 Å². The van der Waals surface area contributed by atoms with Gasteiger partial charge < -0.3 is 5.11 Å². The van der Waals surface area contributed by atoms with Gasteiger partial charge in [0.05, 0.1) is 6.61 Å². The third-order valence-electron chi connectivity index (χ3n) is 3.11. The first-order chi connectivity index (χ1) is 8.61. The van der Waals surface area contributed by atoms with Crippen LogP contribution >= 0.6 is 0 Å². The molecule has 0 radical (unpaired) electrons. The Labute approximate surface area is 107 Å². The maximum Gasteiger partial charge on any atom is 0.129 e. The SMILES string of the molecule is CC(C)c1cccc(-c2ccc(CO)c(F)c2)c1. The second-order valence-corrected chi connectivity index (χ2v) is 4.74. The van der Waals surface area contributed by atoms with Crippen molar-refractivity contribution in [2.45, 2.75) is 26.4 Å². The van der Waals surface area contributed by atoms with E-state index in [-0.39, 0.29) is 12.4 Å². The zero-order valence-corrected chi connectivity index (χ0v) is 10.7. The highest BCUT2D eigenvalue weighted by molar-refractivity contribution is 5.64. The van der Waals surface area contributed by atoms with E-state index in [1.54, 1.807) is 6.07 Å². The predicted octanol–water partition coefficient (Wildman–Crippen LogP) is 4.11. The van der Waals surface area contributed by atoms with Gasteiger partial charge in [0.1, 0.15) is 5.82 Å². The van der Waals surface area contributed by atoms with Crippen molar-refractivity contribution in [2.75, 3.05) is 0 Å². The number of aliphatic hydroxyl groups is 1. The van der Waals surface area contributed by atoms with Gasteiger partial charge in [-0.05, 0) is 28.7 Å². The summed E-state index contributed by atoms with van der Waals surface area (Å²) in [6.07, 6.45) is 0. The fourth-order valence-corrected chi connectivity index (χ4v) is 1.93. The number of hydrogen-bond acceptors (Lipinski definition) is 1. The molecule has 0 aliphatic carbocycles. The summed E-state index contributed by atoms with van der Waals surface area (Å²) in [6, 6.07) is 13.1. The minimum atomic E-state index is -0.357. The molecule has 1 nitrogen and oxygen atoms in total. The lowest BCUT2D eigenvalue weighted by Gasteiger charge is -2.09. The smallest absolute Gasteiger partial charge is 0.129 e. The Morgan fingerprint density at radius 1 is 1.06 bits per heavy atom. The maximum atomic E-state index is 13.6. The predicted molar refractivity (Wildman–Crippen MR) is 71.8 cm³/mol. The Morgan fingerprint density at radius 2 is 1.78 bits per heavy atom. The van der Waals surface area contributed by atoms with Crippen molar-refractivity contribution in [2.24, 2.45) is 0 Å². The third kappa shape index (κ3) is 2.59. The van der Waals surface area contributed by atoms with E-state index in [4.69, 9.17) is 5.11 Å². The molecule has 2 aromatic rings. The summed E-state index contributed by atoms with van der Waals surface area (Å²) < 4.78 is 13.6.